The van der Waals surface area contributed by atoms with Crippen LogP contribution in [0.1, 0.15) is 26.0 Å². The van der Waals surface area contributed by atoms with Gasteiger partial charge in [0, 0.05) is 32.8 Å². The van der Waals surface area contributed by atoms with Gasteiger partial charge in [-0.2, -0.15) is 5.10 Å². The molecule has 0 spiro atoms. The number of likely N-dealkylation sites (tertiary alicyclic amines) is 1. The Kier molecular flexibility index (Phi) is 4.11. The van der Waals surface area contributed by atoms with Crippen molar-refractivity contribution in [2.45, 2.75) is 27.2 Å². The molecule has 110 valence electrons. The van der Waals surface area contributed by atoms with Gasteiger partial charge in [0.25, 0.3) is 0 Å². The van der Waals surface area contributed by atoms with E-state index in [1.54, 1.807) is 15.8 Å². The number of aryl methyl sites for hydroxylation is 2. The number of anilines is 1. The highest BCUT2D eigenvalue weighted by atomic mass is 16.2. The Morgan fingerprint density at radius 3 is 2.80 bits per heavy atom. The van der Waals surface area contributed by atoms with Crippen molar-refractivity contribution < 1.29 is 9.59 Å². The van der Waals surface area contributed by atoms with Crippen LogP contribution in [0.5, 0.6) is 0 Å². The SMILES string of the molecule is Cc1nn(C)cc1NC(=O)C1CC(=O)N(CC(C)C)C1. The summed E-state index contributed by atoms with van der Waals surface area (Å²) in [5, 5.41) is 7.05. The van der Waals surface area contributed by atoms with Crippen molar-refractivity contribution in [1.82, 2.24) is 14.7 Å². The molecule has 2 heterocycles. The maximum absolute atomic E-state index is 12.2. The first-order chi connectivity index (χ1) is 9.36. The number of nitrogens with one attached hydrogen (secondary N) is 1. The van der Waals surface area contributed by atoms with Gasteiger partial charge < -0.3 is 10.2 Å². The number of carbonyl (C=O) groups excluding carboxylic acids is 2. The molecule has 0 aliphatic carbocycles. The lowest BCUT2D eigenvalue weighted by Gasteiger charge is -2.18. The predicted molar refractivity (Wildman–Crippen MR) is 76.1 cm³/mol. The van der Waals surface area contributed by atoms with Crippen LogP contribution in [-0.2, 0) is 16.6 Å². The van der Waals surface area contributed by atoms with Crippen LogP contribution in [0.15, 0.2) is 6.20 Å². The van der Waals surface area contributed by atoms with E-state index < -0.39 is 0 Å². The van der Waals surface area contributed by atoms with Crippen LogP contribution in [0.25, 0.3) is 0 Å². The molecular weight excluding hydrogens is 256 g/mol. The third-order valence-corrected chi connectivity index (χ3v) is 3.44. The van der Waals surface area contributed by atoms with E-state index in [0.717, 1.165) is 5.69 Å². The molecule has 1 N–H and O–H groups in total. The molecule has 6 heteroatoms. The number of carbonyl (C=O) groups is 2. The second-order valence-corrected chi connectivity index (χ2v) is 5.88. The summed E-state index contributed by atoms with van der Waals surface area (Å²) in [6.07, 6.45) is 2.08. The smallest absolute Gasteiger partial charge is 0.229 e. The highest BCUT2D eigenvalue weighted by Gasteiger charge is 2.34. The van der Waals surface area contributed by atoms with E-state index in [2.05, 4.69) is 24.3 Å². The van der Waals surface area contributed by atoms with Gasteiger partial charge >= 0.3 is 0 Å². The Morgan fingerprint density at radius 2 is 2.25 bits per heavy atom. The minimum atomic E-state index is -0.263. The van der Waals surface area contributed by atoms with Crippen LogP contribution in [0, 0.1) is 18.8 Å². The Balaban J connectivity index is 1.97. The van der Waals surface area contributed by atoms with Gasteiger partial charge in [0.05, 0.1) is 17.3 Å². The highest BCUT2D eigenvalue weighted by Crippen LogP contribution is 2.21. The average Bonchev–Trinajstić information content (AvgIpc) is 2.83. The van der Waals surface area contributed by atoms with Gasteiger partial charge in [0.2, 0.25) is 11.8 Å². The maximum atomic E-state index is 12.2. The topological polar surface area (TPSA) is 67.2 Å². The van der Waals surface area contributed by atoms with Crippen molar-refractivity contribution in [2.75, 3.05) is 18.4 Å². The average molecular weight is 278 g/mol. The lowest BCUT2D eigenvalue weighted by Crippen LogP contribution is -2.31. The number of hydrogen-bond acceptors (Lipinski definition) is 3. The predicted octanol–water partition coefficient (Wildman–Crippen LogP) is 1.17. The summed E-state index contributed by atoms with van der Waals surface area (Å²) in [4.78, 5) is 25.9. The Hall–Kier alpha value is -1.85. The summed E-state index contributed by atoms with van der Waals surface area (Å²) in [5.41, 5.74) is 1.50. The van der Waals surface area contributed by atoms with Crippen molar-refractivity contribution >= 4 is 17.5 Å². The van der Waals surface area contributed by atoms with Gasteiger partial charge in [-0.05, 0) is 12.8 Å². The number of rotatable bonds is 4. The molecule has 20 heavy (non-hydrogen) atoms. The van der Waals surface area contributed by atoms with E-state index in [4.69, 9.17) is 0 Å². The quantitative estimate of drug-likeness (QED) is 0.899. The van der Waals surface area contributed by atoms with Crippen molar-refractivity contribution in [1.29, 1.82) is 0 Å². The first kappa shape index (κ1) is 14.6. The fourth-order valence-corrected chi connectivity index (χ4v) is 2.52. The van der Waals surface area contributed by atoms with Gasteiger partial charge in [0.1, 0.15) is 0 Å². The summed E-state index contributed by atoms with van der Waals surface area (Å²) in [5.74, 6) is 0.129. The fourth-order valence-electron chi connectivity index (χ4n) is 2.52. The van der Waals surface area contributed by atoms with Crippen LogP contribution >= 0.6 is 0 Å². The molecule has 1 unspecified atom stereocenters. The molecule has 1 atom stereocenters. The van der Waals surface area contributed by atoms with E-state index in [-0.39, 0.29) is 17.7 Å². The second kappa shape index (κ2) is 5.64. The number of nitrogens with zero attached hydrogens (tertiary/aromatic N) is 3. The van der Waals surface area contributed by atoms with Gasteiger partial charge in [0.15, 0.2) is 0 Å². The molecule has 1 aliphatic heterocycles. The molecule has 1 fully saturated rings. The van der Waals surface area contributed by atoms with Crippen molar-refractivity contribution in [3.05, 3.63) is 11.9 Å². The van der Waals surface area contributed by atoms with Gasteiger partial charge in [-0.15, -0.1) is 0 Å². The summed E-state index contributed by atoms with van der Waals surface area (Å²) in [7, 11) is 1.81. The van der Waals surface area contributed by atoms with E-state index >= 15 is 0 Å². The molecule has 1 aromatic rings. The highest BCUT2D eigenvalue weighted by molar-refractivity contribution is 5.97. The molecule has 0 radical (unpaired) electrons. The molecule has 0 aromatic carbocycles. The largest absolute Gasteiger partial charge is 0.342 e. The molecule has 1 aromatic heterocycles. The molecule has 2 amide bonds. The zero-order valence-electron chi connectivity index (χ0n) is 12.5. The van der Waals surface area contributed by atoms with Gasteiger partial charge in [-0.3, -0.25) is 14.3 Å². The summed E-state index contributed by atoms with van der Waals surface area (Å²) in [6, 6.07) is 0. The lowest BCUT2D eigenvalue weighted by atomic mass is 10.1. The number of aromatic nitrogens is 2. The number of hydrogen-bond donors (Lipinski definition) is 1. The Labute approximate surface area is 119 Å². The third kappa shape index (κ3) is 3.18. The van der Waals surface area contributed by atoms with E-state index in [9.17, 15) is 9.59 Å². The first-order valence-electron chi connectivity index (χ1n) is 6.95. The van der Waals surface area contributed by atoms with Crippen LogP contribution in [-0.4, -0.2) is 39.6 Å². The second-order valence-electron chi connectivity index (χ2n) is 5.88. The molecule has 0 bridgehead atoms. The molecular formula is C14H22N4O2. The zero-order valence-corrected chi connectivity index (χ0v) is 12.5. The molecule has 6 nitrogen and oxygen atoms in total. The van der Waals surface area contributed by atoms with E-state index in [0.29, 0.717) is 31.1 Å². The molecule has 0 saturated carbocycles. The van der Waals surface area contributed by atoms with Crippen molar-refractivity contribution in [2.24, 2.45) is 18.9 Å². The minimum Gasteiger partial charge on any atom is -0.342 e. The Morgan fingerprint density at radius 1 is 1.55 bits per heavy atom. The van der Waals surface area contributed by atoms with Crippen molar-refractivity contribution in [3.8, 4) is 0 Å². The standard InChI is InChI=1S/C14H22N4O2/c1-9(2)6-18-7-11(5-13(18)19)14(20)15-12-8-17(4)16-10(12)3/h8-9,11H,5-7H2,1-4H3,(H,15,20). The van der Waals surface area contributed by atoms with Gasteiger partial charge in [-0.1, -0.05) is 13.8 Å². The van der Waals surface area contributed by atoms with Crippen LogP contribution in [0.2, 0.25) is 0 Å². The summed E-state index contributed by atoms with van der Waals surface area (Å²) in [6.45, 7) is 7.22. The lowest BCUT2D eigenvalue weighted by molar-refractivity contribution is -0.128. The zero-order chi connectivity index (χ0) is 14.9. The molecule has 1 aliphatic rings. The monoisotopic (exact) mass is 278 g/mol. The van der Waals surface area contributed by atoms with Gasteiger partial charge in [-0.25, -0.2) is 0 Å². The molecule has 2 rings (SSSR count). The Bertz CT molecular complexity index is 521. The van der Waals surface area contributed by atoms with E-state index in [1.165, 1.54) is 0 Å². The molecule has 1 saturated heterocycles. The first-order valence-corrected chi connectivity index (χ1v) is 6.95. The van der Waals surface area contributed by atoms with Crippen LogP contribution in [0.4, 0.5) is 5.69 Å². The van der Waals surface area contributed by atoms with Crippen molar-refractivity contribution in [3.63, 3.8) is 0 Å². The third-order valence-electron chi connectivity index (χ3n) is 3.44. The summed E-state index contributed by atoms with van der Waals surface area (Å²) >= 11 is 0. The van der Waals surface area contributed by atoms with E-state index in [1.807, 2.05) is 14.0 Å². The maximum Gasteiger partial charge on any atom is 0.229 e. The van der Waals surface area contributed by atoms with Crippen LogP contribution in [0.3, 0.4) is 0 Å². The van der Waals surface area contributed by atoms with Crippen LogP contribution < -0.4 is 5.32 Å². The normalized spacial score (nSPS) is 18.9. The summed E-state index contributed by atoms with van der Waals surface area (Å²) < 4.78 is 1.66. The fraction of sp³-hybridized carbons (Fsp3) is 0.643. The minimum absolute atomic E-state index is 0.0711. The number of amides is 2.